The highest BCUT2D eigenvalue weighted by atomic mass is 19.4. The highest BCUT2D eigenvalue weighted by Gasteiger charge is 2.33. The Morgan fingerprint density at radius 1 is 1.45 bits per heavy atom. The highest BCUT2D eigenvalue weighted by molar-refractivity contribution is 5.75. The van der Waals surface area contributed by atoms with Gasteiger partial charge >= 0.3 is 12.1 Å². The molecule has 0 aromatic heterocycles. The van der Waals surface area contributed by atoms with Crippen molar-refractivity contribution in [3.63, 3.8) is 0 Å². The number of nitrogens with zero attached hydrogens (tertiary/aromatic N) is 1. The van der Waals surface area contributed by atoms with Crippen LogP contribution in [0.5, 0.6) is 0 Å². The van der Waals surface area contributed by atoms with E-state index < -0.39 is 11.7 Å². The van der Waals surface area contributed by atoms with E-state index in [1.54, 1.807) is 6.07 Å². The molecule has 1 aromatic carbocycles. The topological polar surface area (TPSA) is 29.5 Å². The molecule has 0 amide bonds. The van der Waals surface area contributed by atoms with Crippen LogP contribution in [0.25, 0.3) is 0 Å². The SMILES string of the molecule is COC(=O)C1CCCN1Cc1cccc(C(F)(F)F)c1. The Hall–Kier alpha value is -1.56. The van der Waals surface area contributed by atoms with Gasteiger partial charge in [0.15, 0.2) is 0 Å². The first-order chi connectivity index (χ1) is 9.41. The van der Waals surface area contributed by atoms with Crippen molar-refractivity contribution in [2.24, 2.45) is 0 Å². The van der Waals surface area contributed by atoms with E-state index in [1.165, 1.54) is 13.2 Å². The average molecular weight is 287 g/mol. The van der Waals surface area contributed by atoms with Gasteiger partial charge in [-0.2, -0.15) is 13.2 Å². The van der Waals surface area contributed by atoms with Gasteiger partial charge in [0.1, 0.15) is 6.04 Å². The number of hydrogen-bond acceptors (Lipinski definition) is 3. The Labute approximate surface area is 115 Å². The van der Waals surface area contributed by atoms with Crippen LogP contribution in [0.1, 0.15) is 24.0 Å². The number of rotatable bonds is 3. The summed E-state index contributed by atoms with van der Waals surface area (Å²) in [5, 5.41) is 0. The zero-order chi connectivity index (χ0) is 14.8. The fraction of sp³-hybridized carbons (Fsp3) is 0.500. The quantitative estimate of drug-likeness (QED) is 0.801. The minimum Gasteiger partial charge on any atom is -0.468 e. The summed E-state index contributed by atoms with van der Waals surface area (Å²) in [4.78, 5) is 13.5. The van der Waals surface area contributed by atoms with E-state index in [4.69, 9.17) is 4.74 Å². The molecule has 0 bridgehead atoms. The van der Waals surface area contributed by atoms with Crippen molar-refractivity contribution in [1.82, 2.24) is 4.90 Å². The van der Waals surface area contributed by atoms with E-state index in [1.807, 2.05) is 4.90 Å². The van der Waals surface area contributed by atoms with Gasteiger partial charge in [-0.15, -0.1) is 0 Å². The minimum atomic E-state index is -4.34. The van der Waals surface area contributed by atoms with E-state index in [0.29, 0.717) is 25.1 Å². The zero-order valence-corrected chi connectivity index (χ0v) is 11.1. The Kier molecular flexibility index (Phi) is 4.32. The maximum atomic E-state index is 12.7. The van der Waals surface area contributed by atoms with Crippen LogP contribution >= 0.6 is 0 Å². The summed E-state index contributed by atoms with van der Waals surface area (Å²) < 4.78 is 42.7. The van der Waals surface area contributed by atoms with Gasteiger partial charge in [-0.25, -0.2) is 0 Å². The number of likely N-dealkylation sites (tertiary alicyclic amines) is 1. The van der Waals surface area contributed by atoms with Crippen molar-refractivity contribution in [2.45, 2.75) is 31.6 Å². The number of ether oxygens (including phenoxy) is 1. The lowest BCUT2D eigenvalue weighted by Gasteiger charge is -2.22. The average Bonchev–Trinajstić information content (AvgIpc) is 2.85. The molecule has 1 saturated heterocycles. The molecule has 0 spiro atoms. The third kappa shape index (κ3) is 3.30. The Bertz CT molecular complexity index is 488. The van der Waals surface area contributed by atoms with Gasteiger partial charge in [0.25, 0.3) is 0 Å². The van der Waals surface area contributed by atoms with E-state index >= 15 is 0 Å². The zero-order valence-electron chi connectivity index (χ0n) is 11.1. The van der Waals surface area contributed by atoms with E-state index in [-0.39, 0.29) is 12.0 Å². The lowest BCUT2D eigenvalue weighted by Crippen LogP contribution is -2.36. The molecule has 1 unspecified atom stereocenters. The van der Waals surface area contributed by atoms with Crippen molar-refractivity contribution >= 4 is 5.97 Å². The molecule has 6 heteroatoms. The van der Waals surface area contributed by atoms with Gasteiger partial charge in [0.05, 0.1) is 12.7 Å². The third-order valence-electron chi connectivity index (χ3n) is 3.48. The summed E-state index contributed by atoms with van der Waals surface area (Å²) in [5.74, 6) is -0.325. The molecule has 1 atom stereocenters. The second kappa shape index (κ2) is 5.83. The number of benzene rings is 1. The summed E-state index contributed by atoms with van der Waals surface area (Å²) in [6, 6.07) is 4.86. The molecule has 0 saturated carbocycles. The van der Waals surface area contributed by atoms with Gasteiger partial charge in [0, 0.05) is 6.54 Å². The van der Waals surface area contributed by atoms with Crippen molar-refractivity contribution in [2.75, 3.05) is 13.7 Å². The maximum Gasteiger partial charge on any atom is 0.416 e. The standard InChI is InChI=1S/C14H16F3NO2/c1-20-13(19)12-6-3-7-18(12)9-10-4-2-5-11(8-10)14(15,16)17/h2,4-5,8,12H,3,6-7,9H2,1H3. The number of methoxy groups -OCH3 is 1. The van der Waals surface area contributed by atoms with Crippen LogP contribution in [-0.4, -0.2) is 30.6 Å². The molecule has 1 heterocycles. The van der Waals surface area contributed by atoms with E-state index in [0.717, 1.165) is 18.6 Å². The number of carbonyl (C=O) groups excluding carboxylic acids is 1. The monoisotopic (exact) mass is 287 g/mol. The molecule has 0 radical (unpaired) electrons. The number of hydrogen-bond donors (Lipinski definition) is 0. The summed E-state index contributed by atoms with van der Waals surface area (Å²) in [5.41, 5.74) is -0.112. The minimum absolute atomic E-state index is 0.323. The summed E-state index contributed by atoms with van der Waals surface area (Å²) in [7, 11) is 1.32. The number of esters is 1. The number of carbonyl (C=O) groups is 1. The molecule has 0 aliphatic carbocycles. The predicted octanol–water partition coefficient (Wildman–Crippen LogP) is 2.84. The second-order valence-electron chi connectivity index (χ2n) is 4.85. The molecular formula is C14H16F3NO2. The Morgan fingerprint density at radius 2 is 2.20 bits per heavy atom. The van der Waals surface area contributed by atoms with Gasteiger partial charge in [-0.3, -0.25) is 9.69 Å². The van der Waals surface area contributed by atoms with Gasteiger partial charge < -0.3 is 4.74 Å². The second-order valence-corrected chi connectivity index (χ2v) is 4.85. The highest BCUT2D eigenvalue weighted by Crippen LogP contribution is 2.30. The molecule has 1 aliphatic heterocycles. The van der Waals surface area contributed by atoms with Crippen LogP contribution < -0.4 is 0 Å². The van der Waals surface area contributed by atoms with Crippen LogP contribution in [0.3, 0.4) is 0 Å². The molecule has 2 rings (SSSR count). The molecule has 1 aliphatic rings. The maximum absolute atomic E-state index is 12.7. The molecule has 1 aromatic rings. The van der Waals surface area contributed by atoms with Crippen LogP contribution in [0.4, 0.5) is 13.2 Å². The van der Waals surface area contributed by atoms with Crippen LogP contribution in [0.15, 0.2) is 24.3 Å². The van der Waals surface area contributed by atoms with Crippen molar-refractivity contribution < 1.29 is 22.7 Å². The van der Waals surface area contributed by atoms with Crippen LogP contribution in [-0.2, 0) is 22.3 Å². The normalized spacial score (nSPS) is 20.1. The van der Waals surface area contributed by atoms with E-state index in [9.17, 15) is 18.0 Å². The first-order valence-electron chi connectivity index (χ1n) is 6.40. The molecular weight excluding hydrogens is 271 g/mol. The van der Waals surface area contributed by atoms with Gasteiger partial charge in [-0.1, -0.05) is 18.2 Å². The smallest absolute Gasteiger partial charge is 0.416 e. The predicted molar refractivity (Wildman–Crippen MR) is 66.9 cm³/mol. The summed E-state index contributed by atoms with van der Waals surface area (Å²) in [6.07, 6.45) is -2.81. The Morgan fingerprint density at radius 3 is 2.85 bits per heavy atom. The fourth-order valence-electron chi connectivity index (χ4n) is 2.50. The van der Waals surface area contributed by atoms with Crippen LogP contribution in [0.2, 0.25) is 0 Å². The first-order valence-corrected chi connectivity index (χ1v) is 6.40. The van der Waals surface area contributed by atoms with Crippen molar-refractivity contribution in [1.29, 1.82) is 0 Å². The summed E-state index contributed by atoms with van der Waals surface area (Å²) >= 11 is 0. The lowest BCUT2D eigenvalue weighted by atomic mass is 10.1. The molecule has 20 heavy (non-hydrogen) atoms. The molecule has 3 nitrogen and oxygen atoms in total. The van der Waals surface area contributed by atoms with Crippen LogP contribution in [0, 0.1) is 0 Å². The van der Waals surface area contributed by atoms with Crippen molar-refractivity contribution in [3.05, 3.63) is 35.4 Å². The van der Waals surface area contributed by atoms with E-state index in [2.05, 4.69) is 0 Å². The largest absolute Gasteiger partial charge is 0.468 e. The Balaban J connectivity index is 2.12. The number of alkyl halides is 3. The van der Waals surface area contributed by atoms with Gasteiger partial charge in [-0.05, 0) is 31.0 Å². The number of halogens is 3. The lowest BCUT2D eigenvalue weighted by molar-refractivity contribution is -0.146. The fourth-order valence-corrected chi connectivity index (χ4v) is 2.50. The first kappa shape index (κ1) is 14.8. The third-order valence-corrected chi connectivity index (χ3v) is 3.48. The van der Waals surface area contributed by atoms with Gasteiger partial charge in [0.2, 0.25) is 0 Å². The molecule has 1 fully saturated rings. The molecule has 0 N–H and O–H groups in total. The molecule has 110 valence electrons. The van der Waals surface area contributed by atoms with Crippen molar-refractivity contribution in [3.8, 4) is 0 Å². The summed E-state index contributed by atoms with van der Waals surface area (Å²) in [6.45, 7) is 1.01.